The fourth-order valence-electron chi connectivity index (χ4n) is 1.01. The van der Waals surface area contributed by atoms with Crippen molar-refractivity contribution < 1.29 is 9.66 Å². The van der Waals surface area contributed by atoms with Crippen LogP contribution in [0.15, 0.2) is 18.2 Å². The Labute approximate surface area is 86.3 Å². The Morgan fingerprint density at radius 1 is 1.67 bits per heavy atom. The maximum Gasteiger partial charge on any atom is 0.273 e. The molecule has 6 nitrogen and oxygen atoms in total. The fraction of sp³-hybridized carbons (Fsp3) is 0.222. The Morgan fingerprint density at radius 3 is 2.87 bits per heavy atom. The number of ether oxygens (including phenoxy) is 1. The first-order valence-corrected chi connectivity index (χ1v) is 4.21. The average Bonchev–Trinajstić information content (AvgIpc) is 2.16. The predicted molar refractivity (Wildman–Crippen MR) is 55.2 cm³/mol. The Bertz CT molecular complexity index is 404. The molecule has 6 heteroatoms. The lowest BCUT2D eigenvalue weighted by Gasteiger charge is -2.07. The third-order valence-corrected chi connectivity index (χ3v) is 1.77. The molecule has 0 atom stereocenters. The van der Waals surface area contributed by atoms with E-state index in [0.29, 0.717) is 5.75 Å². The van der Waals surface area contributed by atoms with Crippen LogP contribution < -0.4 is 10.5 Å². The molecular weight excluding hydrogens is 198 g/mol. The van der Waals surface area contributed by atoms with Crippen molar-refractivity contribution in [3.63, 3.8) is 0 Å². The Morgan fingerprint density at radius 2 is 2.33 bits per heavy atom. The van der Waals surface area contributed by atoms with Gasteiger partial charge in [0.15, 0.2) is 0 Å². The molecule has 0 saturated carbocycles. The second kappa shape index (κ2) is 4.41. The summed E-state index contributed by atoms with van der Waals surface area (Å²) >= 11 is 0. The first kappa shape index (κ1) is 11.0. The molecular formula is C9H11N3O3. The van der Waals surface area contributed by atoms with Crippen LogP contribution in [0.2, 0.25) is 0 Å². The number of nitrogens with zero attached hydrogens (tertiary/aromatic N) is 1. The van der Waals surface area contributed by atoms with Crippen molar-refractivity contribution in [2.75, 3.05) is 6.61 Å². The Kier molecular flexibility index (Phi) is 3.22. The third-order valence-electron chi connectivity index (χ3n) is 1.77. The highest BCUT2D eigenvalue weighted by Crippen LogP contribution is 2.23. The molecule has 0 aromatic heterocycles. The predicted octanol–water partition coefficient (Wildman–Crippen LogP) is 1.22. The fourth-order valence-corrected chi connectivity index (χ4v) is 1.01. The largest absolute Gasteiger partial charge is 0.485 e. The van der Waals surface area contributed by atoms with Crippen LogP contribution in [0.4, 0.5) is 5.69 Å². The molecule has 3 N–H and O–H groups in total. The van der Waals surface area contributed by atoms with Gasteiger partial charge in [0.1, 0.15) is 18.2 Å². The van der Waals surface area contributed by atoms with Gasteiger partial charge in [-0.2, -0.15) is 0 Å². The maximum absolute atomic E-state index is 10.5. The van der Waals surface area contributed by atoms with Crippen molar-refractivity contribution in [3.8, 4) is 5.75 Å². The summed E-state index contributed by atoms with van der Waals surface area (Å²) in [5.74, 6) is 0.250. The topological polar surface area (TPSA) is 102 Å². The molecule has 0 aliphatic carbocycles. The van der Waals surface area contributed by atoms with Crippen molar-refractivity contribution in [2.45, 2.75) is 6.92 Å². The number of benzene rings is 1. The lowest BCUT2D eigenvalue weighted by molar-refractivity contribution is -0.384. The molecule has 0 bridgehead atoms. The van der Waals surface area contributed by atoms with Crippen LogP contribution in [0.3, 0.4) is 0 Å². The molecule has 0 aliphatic heterocycles. The van der Waals surface area contributed by atoms with E-state index in [4.69, 9.17) is 15.9 Å². The number of aryl methyl sites for hydroxylation is 1. The molecule has 0 spiro atoms. The number of nitrogens with two attached hydrogens (primary N) is 1. The second-order valence-corrected chi connectivity index (χ2v) is 3.02. The summed E-state index contributed by atoms with van der Waals surface area (Å²) in [5.41, 5.74) is 5.84. The molecule has 0 aliphatic rings. The molecule has 0 amide bonds. The Balaban J connectivity index is 2.90. The lowest BCUT2D eigenvalue weighted by Crippen LogP contribution is -2.19. The van der Waals surface area contributed by atoms with Crippen LogP contribution in [0.5, 0.6) is 5.75 Å². The van der Waals surface area contributed by atoms with E-state index < -0.39 is 4.92 Å². The number of nitro benzene ring substituents is 1. The zero-order valence-corrected chi connectivity index (χ0v) is 8.19. The summed E-state index contributed by atoms with van der Waals surface area (Å²) in [7, 11) is 0. The van der Waals surface area contributed by atoms with Gasteiger partial charge in [0.2, 0.25) is 0 Å². The van der Waals surface area contributed by atoms with Gasteiger partial charge < -0.3 is 10.5 Å². The monoisotopic (exact) mass is 209 g/mol. The summed E-state index contributed by atoms with van der Waals surface area (Å²) in [4.78, 5) is 9.99. The molecule has 0 unspecified atom stereocenters. The van der Waals surface area contributed by atoms with Crippen LogP contribution in [-0.2, 0) is 0 Å². The number of amidine groups is 1. The molecule has 0 heterocycles. The van der Waals surface area contributed by atoms with Crippen molar-refractivity contribution in [1.29, 1.82) is 5.41 Å². The van der Waals surface area contributed by atoms with Gasteiger partial charge in [-0.05, 0) is 18.6 Å². The van der Waals surface area contributed by atoms with Crippen LogP contribution in [0, 0.1) is 22.4 Å². The summed E-state index contributed by atoms with van der Waals surface area (Å²) in [6, 6.07) is 4.31. The van der Waals surface area contributed by atoms with Gasteiger partial charge in [-0.15, -0.1) is 0 Å². The summed E-state index contributed by atoms with van der Waals surface area (Å²) in [6.45, 7) is 1.70. The smallest absolute Gasteiger partial charge is 0.273 e. The van der Waals surface area contributed by atoms with Crippen LogP contribution in [0.25, 0.3) is 0 Å². The number of hydrogen-bond donors (Lipinski definition) is 2. The highest BCUT2D eigenvalue weighted by molar-refractivity contribution is 5.78. The molecule has 0 radical (unpaired) electrons. The van der Waals surface area contributed by atoms with Crippen molar-refractivity contribution in [2.24, 2.45) is 5.73 Å². The van der Waals surface area contributed by atoms with Gasteiger partial charge in [0.25, 0.3) is 5.69 Å². The standard InChI is InChI=1S/C9H11N3O3/c1-6-2-3-7(12(13)14)4-8(6)15-5-9(10)11/h2-4H,5H2,1H3,(H3,10,11). The minimum absolute atomic E-state index is 0.0425. The summed E-state index contributed by atoms with van der Waals surface area (Å²) in [6.07, 6.45) is 0. The van der Waals surface area contributed by atoms with E-state index in [2.05, 4.69) is 0 Å². The van der Waals surface area contributed by atoms with E-state index >= 15 is 0 Å². The van der Waals surface area contributed by atoms with Gasteiger partial charge in [0.05, 0.1) is 11.0 Å². The molecule has 0 saturated heterocycles. The van der Waals surface area contributed by atoms with E-state index in [0.717, 1.165) is 5.56 Å². The van der Waals surface area contributed by atoms with E-state index in [1.54, 1.807) is 13.0 Å². The van der Waals surface area contributed by atoms with Gasteiger partial charge in [0, 0.05) is 6.07 Å². The van der Waals surface area contributed by atoms with E-state index in [1.165, 1.54) is 12.1 Å². The maximum atomic E-state index is 10.5. The molecule has 1 aromatic carbocycles. The number of nitrogens with one attached hydrogen (secondary N) is 1. The first-order chi connectivity index (χ1) is 7.00. The summed E-state index contributed by atoms with van der Waals surface area (Å²) in [5, 5.41) is 17.5. The third kappa shape index (κ3) is 2.94. The highest BCUT2D eigenvalue weighted by atomic mass is 16.6. The molecule has 80 valence electrons. The normalized spacial score (nSPS) is 9.67. The second-order valence-electron chi connectivity index (χ2n) is 3.02. The van der Waals surface area contributed by atoms with Crippen LogP contribution >= 0.6 is 0 Å². The van der Waals surface area contributed by atoms with Crippen LogP contribution in [-0.4, -0.2) is 17.4 Å². The van der Waals surface area contributed by atoms with E-state index in [-0.39, 0.29) is 18.1 Å². The lowest BCUT2D eigenvalue weighted by atomic mass is 10.2. The van der Waals surface area contributed by atoms with Crippen molar-refractivity contribution >= 4 is 11.5 Å². The minimum Gasteiger partial charge on any atom is -0.485 e. The summed E-state index contributed by atoms with van der Waals surface area (Å²) < 4.78 is 5.14. The van der Waals surface area contributed by atoms with Gasteiger partial charge in [-0.3, -0.25) is 15.5 Å². The molecule has 0 fully saturated rings. The van der Waals surface area contributed by atoms with Crippen LogP contribution in [0.1, 0.15) is 5.56 Å². The number of hydrogen-bond acceptors (Lipinski definition) is 4. The molecule has 1 rings (SSSR count). The molecule has 1 aromatic rings. The van der Waals surface area contributed by atoms with Crippen molar-refractivity contribution in [3.05, 3.63) is 33.9 Å². The highest BCUT2D eigenvalue weighted by Gasteiger charge is 2.09. The minimum atomic E-state index is -0.500. The van der Waals surface area contributed by atoms with E-state index in [9.17, 15) is 10.1 Å². The average molecular weight is 209 g/mol. The number of non-ortho nitro benzene ring substituents is 1. The van der Waals surface area contributed by atoms with Gasteiger partial charge >= 0.3 is 0 Å². The van der Waals surface area contributed by atoms with Gasteiger partial charge in [-0.1, -0.05) is 0 Å². The SMILES string of the molecule is Cc1ccc([N+](=O)[O-])cc1OCC(=N)N. The molecule has 15 heavy (non-hydrogen) atoms. The van der Waals surface area contributed by atoms with Gasteiger partial charge in [-0.25, -0.2) is 0 Å². The Hall–Kier alpha value is -2.11. The first-order valence-electron chi connectivity index (χ1n) is 4.21. The number of rotatable bonds is 4. The van der Waals surface area contributed by atoms with Crippen molar-refractivity contribution in [1.82, 2.24) is 0 Å². The zero-order valence-electron chi connectivity index (χ0n) is 8.19. The van der Waals surface area contributed by atoms with E-state index in [1.807, 2.05) is 0 Å². The number of nitro groups is 1. The zero-order chi connectivity index (χ0) is 11.4. The quantitative estimate of drug-likeness (QED) is 0.336.